The molecule has 306 valence electrons. The Labute approximate surface area is 396 Å². The van der Waals surface area contributed by atoms with Gasteiger partial charge < -0.3 is 14.2 Å². The molecule has 0 saturated carbocycles. The van der Waals surface area contributed by atoms with Crippen molar-refractivity contribution in [2.75, 3.05) is 9.80 Å². The summed E-state index contributed by atoms with van der Waals surface area (Å²) >= 11 is 0.921. The zero-order valence-corrected chi connectivity index (χ0v) is 37.1. The van der Waals surface area contributed by atoms with E-state index in [0.29, 0.717) is 0 Å². The maximum absolute atomic E-state index is 10.2. The zero-order chi connectivity index (χ0) is 61.2. The SMILES string of the molecule is [2H]c1c([2H])c([2H])c(C(C)(C)c2c([2H])c([2H])c(N3c4c([2H])c(C)c([2H])c5c4B(c4oc6c([2H])c([2H])c(C(C)(C)C)c([2H])c6c4N5c4c([2H])c([2H])c(C(C)(C)C)c([2H])c4[2H])c4sc5c([2H])c([2H])c(C(C)(C)C)c([2H])c5c43)c([2H])c2[2H])c([2H])c1[2H]. The number of rotatable bonds is 4. The molecule has 0 unspecified atom stereocenters. The minimum absolute atomic E-state index is 0.00814. The van der Waals surface area contributed by atoms with Gasteiger partial charge in [-0.25, -0.2) is 0 Å². The van der Waals surface area contributed by atoms with Gasteiger partial charge in [-0.2, -0.15) is 0 Å². The molecule has 61 heavy (non-hydrogen) atoms. The number of fused-ring (bicyclic) bond motifs is 8. The van der Waals surface area contributed by atoms with Crippen LogP contribution in [0.4, 0.5) is 34.1 Å². The van der Waals surface area contributed by atoms with Gasteiger partial charge >= 0.3 is 6.71 Å². The lowest BCUT2D eigenvalue weighted by molar-refractivity contribution is 0.590. The highest BCUT2D eigenvalue weighted by Crippen LogP contribution is 2.51. The maximum atomic E-state index is 10.2. The fraction of sp³-hybridized carbons (Fsp3) is 0.286. The van der Waals surface area contributed by atoms with Crippen LogP contribution in [-0.4, -0.2) is 6.71 Å². The van der Waals surface area contributed by atoms with E-state index in [1.54, 1.807) is 62.3 Å². The first-order chi connectivity index (χ1) is 37.6. The van der Waals surface area contributed by atoms with Gasteiger partial charge in [-0.05, 0) is 122 Å². The first-order valence-electron chi connectivity index (χ1n) is 30.8. The van der Waals surface area contributed by atoms with Gasteiger partial charge in [-0.15, -0.1) is 11.3 Å². The molecule has 2 aliphatic heterocycles. The summed E-state index contributed by atoms with van der Waals surface area (Å²) in [5.41, 5.74) is -6.99. The lowest BCUT2D eigenvalue weighted by Crippen LogP contribution is -2.60. The molecule has 0 saturated heterocycles. The summed E-state index contributed by atoms with van der Waals surface area (Å²) in [6, 6.07) is -10.9. The van der Waals surface area contributed by atoms with E-state index in [4.69, 9.17) is 11.3 Å². The number of hydrogen-bond acceptors (Lipinski definition) is 4. The van der Waals surface area contributed by atoms with Crippen molar-refractivity contribution in [1.29, 1.82) is 0 Å². The Hall–Kier alpha value is -5.52. The van der Waals surface area contributed by atoms with Crippen LogP contribution in [0, 0.1) is 6.92 Å². The molecule has 0 bridgehead atoms. The summed E-state index contributed by atoms with van der Waals surface area (Å²) in [5, 5.41) is -0.0708. The molecule has 0 fully saturated rings. The molecular formula is C56H57BN2OS. The van der Waals surface area contributed by atoms with E-state index in [-0.39, 0.29) is 129 Å². The molecule has 0 amide bonds. The second kappa shape index (κ2) is 13.5. The third-order valence-electron chi connectivity index (χ3n) is 11.4. The quantitative estimate of drug-likeness (QED) is 0.165. The summed E-state index contributed by atoms with van der Waals surface area (Å²) < 4.78 is 207. The summed E-state index contributed by atoms with van der Waals surface area (Å²) in [4.78, 5) is 2.54. The van der Waals surface area contributed by atoms with Gasteiger partial charge in [0.15, 0.2) is 0 Å². The number of nitrogens with zero attached hydrogens (tertiary/aromatic N) is 2. The van der Waals surface area contributed by atoms with Crippen molar-refractivity contribution in [3.63, 3.8) is 0 Å². The van der Waals surface area contributed by atoms with Crippen LogP contribution in [0.25, 0.3) is 21.1 Å². The molecule has 5 heteroatoms. The third-order valence-corrected chi connectivity index (χ3v) is 12.6. The molecular weight excluding hydrogens is 760 g/mol. The highest BCUT2D eigenvalue weighted by molar-refractivity contribution is 7.33. The van der Waals surface area contributed by atoms with Crippen molar-refractivity contribution in [1.82, 2.24) is 0 Å². The van der Waals surface area contributed by atoms with E-state index in [1.165, 1.54) is 30.6 Å². The summed E-state index contributed by atoms with van der Waals surface area (Å²) in [6.45, 7) is 18.7. The van der Waals surface area contributed by atoms with Crippen LogP contribution in [-0.2, 0) is 21.7 Å². The van der Waals surface area contributed by atoms with Gasteiger partial charge in [0.25, 0.3) is 0 Å². The van der Waals surface area contributed by atoms with E-state index in [9.17, 15) is 21.9 Å². The number of furan rings is 1. The second-order valence-corrected chi connectivity index (χ2v) is 20.5. The molecule has 8 aromatic rings. The molecule has 0 aliphatic carbocycles. The van der Waals surface area contributed by atoms with E-state index < -0.39 is 130 Å². The van der Waals surface area contributed by atoms with Crippen LogP contribution < -0.4 is 25.7 Å². The Balaban J connectivity index is 1.47. The van der Waals surface area contributed by atoms with Crippen molar-refractivity contribution in [3.8, 4) is 0 Å². The average molecular weight is 838 g/mol. The summed E-state index contributed by atoms with van der Waals surface area (Å²) in [5.74, 6) is 0. The maximum Gasteiger partial charge on any atom is 0.309 e. The number of benzene rings is 6. The predicted octanol–water partition coefficient (Wildman–Crippen LogP) is 14.3. The van der Waals surface area contributed by atoms with Crippen molar-refractivity contribution >= 4 is 89.1 Å². The highest BCUT2D eigenvalue weighted by atomic mass is 32.1. The minimum Gasteiger partial charge on any atom is -0.468 e. The molecule has 2 aromatic heterocycles. The molecule has 4 heterocycles. The van der Waals surface area contributed by atoms with Crippen molar-refractivity contribution in [2.24, 2.45) is 0 Å². The van der Waals surface area contributed by atoms with Gasteiger partial charge in [-0.3, -0.25) is 0 Å². The molecule has 10 rings (SSSR count). The van der Waals surface area contributed by atoms with Crippen LogP contribution in [0.3, 0.4) is 0 Å². The molecule has 0 radical (unpaired) electrons. The second-order valence-electron chi connectivity index (χ2n) is 19.5. The molecule has 6 aromatic carbocycles. The van der Waals surface area contributed by atoms with Crippen LogP contribution in [0.15, 0.2) is 131 Å². The molecule has 3 nitrogen and oxygen atoms in total. The zero-order valence-electron chi connectivity index (χ0n) is 57.3. The average Bonchev–Trinajstić information content (AvgIpc) is 1.40. The van der Waals surface area contributed by atoms with Crippen LogP contribution in [0.2, 0.25) is 0 Å². The first kappa shape index (κ1) is 22.5. The van der Waals surface area contributed by atoms with Crippen LogP contribution >= 0.6 is 11.3 Å². The molecule has 2 aliphatic rings. The fourth-order valence-electron chi connectivity index (χ4n) is 7.95. The number of anilines is 6. The molecule has 0 atom stereocenters. The molecule has 0 N–H and O–H groups in total. The monoisotopic (exact) mass is 838 g/mol. The summed E-state index contributed by atoms with van der Waals surface area (Å²) in [6.07, 6.45) is 0. The van der Waals surface area contributed by atoms with E-state index in [2.05, 4.69) is 0 Å². The van der Waals surface area contributed by atoms with Crippen molar-refractivity contribution < 1.29 is 33.2 Å². The largest absolute Gasteiger partial charge is 0.468 e. The van der Waals surface area contributed by atoms with Crippen LogP contribution in [0.5, 0.6) is 0 Å². The number of thiophene rings is 1. The normalized spacial score (nSPS) is 19.0. The highest BCUT2D eigenvalue weighted by Gasteiger charge is 2.48. The lowest BCUT2D eigenvalue weighted by Gasteiger charge is -2.42. The van der Waals surface area contributed by atoms with Gasteiger partial charge in [0.05, 0.1) is 40.2 Å². The smallest absolute Gasteiger partial charge is 0.309 e. The lowest BCUT2D eigenvalue weighted by atomic mass is 9.38. The third kappa shape index (κ3) is 6.29. The van der Waals surface area contributed by atoms with Crippen LogP contribution in [0.1, 0.15) is 138 Å². The standard InChI is InChI=1S/C56H57BN2OS/c1-34-30-44-48-45(31-34)59(41-26-20-37(21-27-41)56(11,12)36-16-14-13-15-17-36)50-43-33-39(55(8,9)10)23-29-47(43)61-52(50)57(48)51-49(42-32-38(54(5,6)7)22-28-46(42)60-51)58(44)40-24-18-35(19-25-40)53(2,3)4/h13-33H,1-12H3/i13D,14D,15D,16D,17D,18D,19D,20D,21D,22D,23D,24D,25D,26D,27D,28D,29D,30D,31D,32D,33D. The predicted molar refractivity (Wildman–Crippen MR) is 265 cm³/mol. The Bertz CT molecular complexity index is 4170. The van der Waals surface area contributed by atoms with Crippen molar-refractivity contribution in [3.05, 3.63) is 160 Å². The summed E-state index contributed by atoms with van der Waals surface area (Å²) in [7, 11) is 0. The van der Waals surface area contributed by atoms with E-state index >= 15 is 0 Å². The van der Waals surface area contributed by atoms with Crippen molar-refractivity contribution in [2.45, 2.75) is 105 Å². The number of hydrogen-bond donors (Lipinski definition) is 0. The van der Waals surface area contributed by atoms with Gasteiger partial charge in [0.2, 0.25) is 0 Å². The Morgan fingerprint density at radius 1 is 0.525 bits per heavy atom. The van der Waals surface area contributed by atoms with Gasteiger partial charge in [0, 0.05) is 48.4 Å². The minimum atomic E-state index is -1.82. The fourth-order valence-corrected chi connectivity index (χ4v) is 9.15. The van der Waals surface area contributed by atoms with E-state index in [1.807, 2.05) is 0 Å². The Kier molecular flexibility index (Phi) is 4.98. The molecule has 0 spiro atoms. The first-order valence-corrected chi connectivity index (χ1v) is 21.1. The van der Waals surface area contributed by atoms with E-state index in [0.717, 1.165) is 11.3 Å². The van der Waals surface area contributed by atoms with Gasteiger partial charge in [0.1, 0.15) is 11.2 Å². The topological polar surface area (TPSA) is 19.6 Å². The Morgan fingerprint density at radius 2 is 1.02 bits per heavy atom. The Morgan fingerprint density at radius 3 is 1.59 bits per heavy atom. The van der Waals surface area contributed by atoms with Gasteiger partial charge in [-0.1, -0.05) is 143 Å².